The van der Waals surface area contributed by atoms with E-state index in [4.69, 9.17) is 4.18 Å². The highest BCUT2D eigenvalue weighted by molar-refractivity contribution is 7.86. The first-order chi connectivity index (χ1) is 8.64. The molecule has 0 aromatic heterocycles. The molecule has 1 rings (SSSR count). The van der Waals surface area contributed by atoms with Gasteiger partial charge in [-0.15, -0.1) is 0 Å². The Balaban J connectivity index is 2.11. The van der Waals surface area contributed by atoms with Crippen molar-refractivity contribution in [3.63, 3.8) is 0 Å². The molecular weight excluding hydrogens is 248 g/mol. The Morgan fingerprint density at radius 1 is 0.944 bits per heavy atom. The van der Waals surface area contributed by atoms with Gasteiger partial charge in [-0.25, -0.2) is 0 Å². The predicted octanol–water partition coefficient (Wildman–Crippen LogP) is 4.03. The molecule has 0 aromatic rings. The first-order valence-electron chi connectivity index (χ1n) is 7.55. The average molecular weight is 276 g/mol. The molecule has 1 saturated carbocycles. The summed E-state index contributed by atoms with van der Waals surface area (Å²) in [6, 6.07) is 0. The van der Waals surface area contributed by atoms with Crippen molar-refractivity contribution in [1.29, 1.82) is 0 Å². The Kier molecular flexibility index (Phi) is 7.91. The van der Waals surface area contributed by atoms with Crippen molar-refractivity contribution in [3.8, 4) is 0 Å². The molecule has 0 radical (unpaired) electrons. The second-order valence-electron chi connectivity index (χ2n) is 5.39. The lowest BCUT2D eigenvalue weighted by atomic mass is 9.98. The first-order valence-corrected chi connectivity index (χ1v) is 9.13. The molecule has 1 fully saturated rings. The fourth-order valence-corrected chi connectivity index (χ4v) is 3.74. The maximum absolute atomic E-state index is 11.8. The second kappa shape index (κ2) is 8.92. The van der Waals surface area contributed by atoms with Crippen molar-refractivity contribution < 1.29 is 12.6 Å². The largest absolute Gasteiger partial charge is 0.267 e. The molecule has 1 aliphatic carbocycles. The highest BCUT2D eigenvalue weighted by atomic mass is 32.2. The molecule has 0 bridgehead atoms. The fraction of sp³-hybridized carbons (Fsp3) is 1.00. The molecule has 0 aromatic carbocycles. The summed E-state index contributed by atoms with van der Waals surface area (Å²) in [6.07, 6.45) is 11.8. The van der Waals surface area contributed by atoms with E-state index in [0.29, 0.717) is 0 Å². The van der Waals surface area contributed by atoms with Crippen LogP contribution >= 0.6 is 0 Å². The predicted molar refractivity (Wildman–Crippen MR) is 75.1 cm³/mol. The fourth-order valence-electron chi connectivity index (χ4n) is 2.48. The minimum atomic E-state index is -3.27. The van der Waals surface area contributed by atoms with E-state index in [9.17, 15) is 8.42 Å². The summed E-state index contributed by atoms with van der Waals surface area (Å²) in [7, 11) is -3.27. The van der Waals surface area contributed by atoms with Crippen LogP contribution in [0, 0.1) is 0 Å². The van der Waals surface area contributed by atoms with E-state index in [1.54, 1.807) is 0 Å². The summed E-state index contributed by atoms with van der Waals surface area (Å²) < 4.78 is 28.8. The first kappa shape index (κ1) is 16.0. The number of hydrogen-bond acceptors (Lipinski definition) is 3. The van der Waals surface area contributed by atoms with Crippen LogP contribution in [0.4, 0.5) is 0 Å². The number of rotatable bonds is 9. The Morgan fingerprint density at radius 2 is 1.56 bits per heavy atom. The summed E-state index contributed by atoms with van der Waals surface area (Å²) in [5.74, 6) is 0.204. The molecule has 4 heteroatoms. The van der Waals surface area contributed by atoms with E-state index in [0.717, 1.165) is 44.9 Å². The van der Waals surface area contributed by atoms with Crippen molar-refractivity contribution in [2.45, 2.75) is 83.7 Å². The van der Waals surface area contributed by atoms with E-state index in [2.05, 4.69) is 6.92 Å². The summed E-state index contributed by atoms with van der Waals surface area (Å²) in [5, 5.41) is 0. The van der Waals surface area contributed by atoms with Crippen LogP contribution in [0.1, 0.15) is 77.6 Å². The Morgan fingerprint density at radius 3 is 2.22 bits per heavy atom. The van der Waals surface area contributed by atoms with Crippen LogP contribution in [-0.4, -0.2) is 20.3 Å². The van der Waals surface area contributed by atoms with E-state index < -0.39 is 10.1 Å². The number of hydrogen-bond donors (Lipinski definition) is 0. The standard InChI is InChI=1S/C14H28O3S/c1-2-3-4-5-6-10-13-18(15,16)17-14-11-8-7-9-12-14/h14H,2-13H2,1H3. The molecule has 0 aliphatic heterocycles. The molecule has 0 amide bonds. The van der Waals surface area contributed by atoms with E-state index in [1.165, 1.54) is 25.7 Å². The van der Waals surface area contributed by atoms with Crippen LogP contribution in [0.5, 0.6) is 0 Å². The highest BCUT2D eigenvalue weighted by Gasteiger charge is 2.21. The molecule has 18 heavy (non-hydrogen) atoms. The van der Waals surface area contributed by atoms with Gasteiger partial charge in [-0.3, -0.25) is 4.18 Å². The van der Waals surface area contributed by atoms with Gasteiger partial charge in [-0.2, -0.15) is 8.42 Å². The van der Waals surface area contributed by atoms with Crippen molar-refractivity contribution in [3.05, 3.63) is 0 Å². The molecule has 3 nitrogen and oxygen atoms in total. The van der Waals surface area contributed by atoms with E-state index in [1.807, 2.05) is 0 Å². The van der Waals surface area contributed by atoms with Gasteiger partial charge in [0.15, 0.2) is 0 Å². The van der Waals surface area contributed by atoms with Gasteiger partial charge in [0.1, 0.15) is 0 Å². The Bertz CT molecular complexity index is 292. The van der Waals surface area contributed by atoms with Gasteiger partial charge in [0.2, 0.25) is 0 Å². The van der Waals surface area contributed by atoms with Gasteiger partial charge in [-0.05, 0) is 19.3 Å². The molecule has 0 saturated heterocycles. The molecule has 0 heterocycles. The minimum Gasteiger partial charge on any atom is -0.267 e. The lowest BCUT2D eigenvalue weighted by Gasteiger charge is -2.21. The van der Waals surface area contributed by atoms with Crippen LogP contribution in [0.2, 0.25) is 0 Å². The smallest absolute Gasteiger partial charge is 0.267 e. The molecular formula is C14H28O3S. The third-order valence-electron chi connectivity index (χ3n) is 3.58. The molecule has 0 unspecified atom stereocenters. The van der Waals surface area contributed by atoms with Crippen LogP contribution in [0.15, 0.2) is 0 Å². The maximum Gasteiger partial charge on any atom is 0.267 e. The van der Waals surface area contributed by atoms with Crippen molar-refractivity contribution in [2.75, 3.05) is 5.75 Å². The van der Waals surface area contributed by atoms with Crippen molar-refractivity contribution in [1.82, 2.24) is 0 Å². The lowest BCUT2D eigenvalue weighted by Crippen LogP contribution is -2.22. The van der Waals surface area contributed by atoms with Gasteiger partial charge in [0.05, 0.1) is 11.9 Å². The van der Waals surface area contributed by atoms with Gasteiger partial charge in [0.25, 0.3) is 10.1 Å². The molecule has 0 atom stereocenters. The Hall–Kier alpha value is -0.0900. The normalized spacial score (nSPS) is 18.1. The van der Waals surface area contributed by atoms with Gasteiger partial charge >= 0.3 is 0 Å². The molecule has 108 valence electrons. The van der Waals surface area contributed by atoms with Crippen molar-refractivity contribution >= 4 is 10.1 Å². The monoisotopic (exact) mass is 276 g/mol. The lowest BCUT2D eigenvalue weighted by molar-refractivity contribution is 0.162. The molecule has 0 N–H and O–H groups in total. The Labute approximate surface area is 112 Å². The third-order valence-corrected chi connectivity index (χ3v) is 4.94. The van der Waals surface area contributed by atoms with E-state index >= 15 is 0 Å². The van der Waals surface area contributed by atoms with Crippen molar-refractivity contribution in [2.24, 2.45) is 0 Å². The van der Waals surface area contributed by atoms with Crippen LogP contribution in [-0.2, 0) is 14.3 Å². The average Bonchev–Trinajstić information content (AvgIpc) is 2.34. The van der Waals surface area contributed by atoms with E-state index in [-0.39, 0.29) is 11.9 Å². The summed E-state index contributed by atoms with van der Waals surface area (Å²) in [6.45, 7) is 2.18. The van der Waals surface area contributed by atoms with Crippen LogP contribution < -0.4 is 0 Å². The quantitative estimate of drug-likeness (QED) is 0.472. The van der Waals surface area contributed by atoms with Gasteiger partial charge in [0, 0.05) is 0 Å². The topological polar surface area (TPSA) is 43.4 Å². The zero-order valence-electron chi connectivity index (χ0n) is 11.7. The van der Waals surface area contributed by atoms with Crippen LogP contribution in [0.25, 0.3) is 0 Å². The van der Waals surface area contributed by atoms with Crippen LogP contribution in [0.3, 0.4) is 0 Å². The zero-order chi connectivity index (χ0) is 13.3. The molecule has 1 aliphatic rings. The van der Waals surface area contributed by atoms with Gasteiger partial charge < -0.3 is 0 Å². The third kappa shape index (κ3) is 7.37. The maximum atomic E-state index is 11.8. The second-order valence-corrected chi connectivity index (χ2v) is 7.10. The summed E-state index contributed by atoms with van der Waals surface area (Å²) in [4.78, 5) is 0. The SMILES string of the molecule is CCCCCCCCS(=O)(=O)OC1CCCCC1. The van der Waals surface area contributed by atoms with Gasteiger partial charge in [-0.1, -0.05) is 58.3 Å². The zero-order valence-corrected chi connectivity index (χ0v) is 12.5. The number of unbranched alkanes of at least 4 members (excludes halogenated alkanes) is 5. The highest BCUT2D eigenvalue weighted by Crippen LogP contribution is 2.22. The molecule has 0 spiro atoms. The summed E-state index contributed by atoms with van der Waals surface area (Å²) in [5.41, 5.74) is 0. The minimum absolute atomic E-state index is 0.0381. The summed E-state index contributed by atoms with van der Waals surface area (Å²) >= 11 is 0.